The molecule has 0 saturated heterocycles. The summed E-state index contributed by atoms with van der Waals surface area (Å²) >= 11 is 12.0. The number of nitrogens with one attached hydrogen (secondary N) is 1. The number of halogens is 2. The van der Waals surface area contributed by atoms with Crippen molar-refractivity contribution in [3.8, 4) is 0 Å². The molecule has 2 amide bonds. The van der Waals surface area contributed by atoms with Gasteiger partial charge in [0.25, 0.3) is 0 Å². The first kappa shape index (κ1) is 17.3. The zero-order valence-electron chi connectivity index (χ0n) is 12.6. The van der Waals surface area contributed by atoms with E-state index < -0.39 is 0 Å². The second-order valence-corrected chi connectivity index (χ2v) is 5.73. The van der Waals surface area contributed by atoms with E-state index in [-0.39, 0.29) is 24.8 Å². The average molecular weight is 356 g/mol. The van der Waals surface area contributed by atoms with Gasteiger partial charge in [0, 0.05) is 31.0 Å². The number of aryl methyl sites for hydroxylation is 1. The van der Waals surface area contributed by atoms with E-state index in [2.05, 4.69) is 10.5 Å². The lowest BCUT2D eigenvalue weighted by Gasteiger charge is -2.22. The van der Waals surface area contributed by atoms with Gasteiger partial charge in [-0.25, -0.2) is 0 Å². The van der Waals surface area contributed by atoms with Crippen LogP contribution in [-0.4, -0.2) is 23.5 Å². The fraction of sp³-hybridized carbons (Fsp3) is 0.267. The minimum Gasteiger partial charge on any atom is -0.360 e. The van der Waals surface area contributed by atoms with Crippen LogP contribution in [0.5, 0.6) is 0 Å². The largest absolute Gasteiger partial charge is 0.360 e. The van der Waals surface area contributed by atoms with Crippen molar-refractivity contribution >= 4 is 46.5 Å². The number of nitrogens with zero attached hydrogens (tertiary/aromatic N) is 2. The molecule has 0 aliphatic rings. The lowest BCUT2D eigenvalue weighted by atomic mass is 10.2. The monoisotopic (exact) mass is 355 g/mol. The first-order valence-corrected chi connectivity index (χ1v) is 7.58. The molecular weight excluding hydrogens is 341 g/mol. The molecule has 23 heavy (non-hydrogen) atoms. The molecule has 0 saturated carbocycles. The molecule has 1 heterocycles. The molecule has 2 rings (SSSR count). The van der Waals surface area contributed by atoms with Gasteiger partial charge in [0.2, 0.25) is 11.8 Å². The van der Waals surface area contributed by atoms with Crippen LogP contribution >= 0.6 is 23.2 Å². The van der Waals surface area contributed by atoms with Gasteiger partial charge in [-0.1, -0.05) is 28.4 Å². The van der Waals surface area contributed by atoms with E-state index in [1.165, 1.54) is 11.8 Å². The standard InChI is InChI=1S/C15H15Cl2N3O3/c1-9-7-14(19-23-9)18-15(22)5-6-20(10(2)21)13-4-3-11(16)8-12(13)17/h3-4,7-8H,5-6H2,1-2H3,(H,18,19,22). The number of hydrogen-bond acceptors (Lipinski definition) is 4. The topological polar surface area (TPSA) is 75.4 Å². The third kappa shape index (κ3) is 4.71. The number of carbonyl (C=O) groups is 2. The van der Waals surface area contributed by atoms with Gasteiger partial charge in [0.15, 0.2) is 5.82 Å². The first-order valence-electron chi connectivity index (χ1n) is 6.83. The van der Waals surface area contributed by atoms with Crippen molar-refractivity contribution in [3.63, 3.8) is 0 Å². The van der Waals surface area contributed by atoms with E-state index >= 15 is 0 Å². The molecule has 0 aliphatic heterocycles. The quantitative estimate of drug-likeness (QED) is 0.887. The molecule has 0 spiro atoms. The van der Waals surface area contributed by atoms with Gasteiger partial charge < -0.3 is 14.7 Å². The number of carbonyl (C=O) groups excluding carboxylic acids is 2. The summed E-state index contributed by atoms with van der Waals surface area (Å²) in [6, 6.07) is 6.44. The van der Waals surface area contributed by atoms with E-state index in [1.807, 2.05) is 0 Å². The van der Waals surface area contributed by atoms with Gasteiger partial charge in [-0.05, 0) is 25.1 Å². The maximum absolute atomic E-state index is 11.9. The Hall–Kier alpha value is -2.05. The van der Waals surface area contributed by atoms with Crippen LogP contribution in [0.2, 0.25) is 10.0 Å². The van der Waals surface area contributed by atoms with E-state index in [1.54, 1.807) is 31.2 Å². The van der Waals surface area contributed by atoms with Crippen LogP contribution < -0.4 is 10.2 Å². The first-order chi connectivity index (χ1) is 10.9. The van der Waals surface area contributed by atoms with Gasteiger partial charge in [-0.3, -0.25) is 9.59 Å². The molecule has 0 radical (unpaired) electrons. The van der Waals surface area contributed by atoms with E-state index in [9.17, 15) is 9.59 Å². The Bertz CT molecular complexity index is 731. The van der Waals surface area contributed by atoms with Crippen LogP contribution in [-0.2, 0) is 9.59 Å². The Morgan fingerprint density at radius 3 is 2.61 bits per heavy atom. The Morgan fingerprint density at radius 2 is 2.04 bits per heavy atom. The van der Waals surface area contributed by atoms with Gasteiger partial charge in [0.1, 0.15) is 5.76 Å². The summed E-state index contributed by atoms with van der Waals surface area (Å²) in [5.74, 6) is 0.430. The number of anilines is 2. The van der Waals surface area contributed by atoms with Gasteiger partial charge in [-0.2, -0.15) is 0 Å². The van der Waals surface area contributed by atoms with Crippen LogP contribution in [0, 0.1) is 6.92 Å². The Kier molecular flexibility index (Phi) is 5.63. The molecule has 1 aromatic carbocycles. The lowest BCUT2D eigenvalue weighted by molar-refractivity contribution is -0.117. The van der Waals surface area contributed by atoms with Crippen LogP contribution in [0.4, 0.5) is 11.5 Å². The number of aromatic nitrogens is 1. The number of benzene rings is 1. The maximum Gasteiger partial charge on any atom is 0.227 e. The van der Waals surface area contributed by atoms with Crippen molar-refractivity contribution in [2.75, 3.05) is 16.8 Å². The molecule has 1 aromatic heterocycles. The summed E-state index contributed by atoms with van der Waals surface area (Å²) in [6.45, 7) is 3.31. The van der Waals surface area contributed by atoms with Crippen LogP contribution in [0.15, 0.2) is 28.8 Å². The summed E-state index contributed by atoms with van der Waals surface area (Å²) in [5.41, 5.74) is 0.508. The fourth-order valence-corrected chi connectivity index (χ4v) is 2.50. The molecule has 0 unspecified atom stereocenters. The summed E-state index contributed by atoms with van der Waals surface area (Å²) in [7, 11) is 0. The summed E-state index contributed by atoms with van der Waals surface area (Å²) in [5, 5.41) is 7.09. The predicted molar refractivity (Wildman–Crippen MR) is 89.0 cm³/mol. The molecule has 0 aliphatic carbocycles. The lowest BCUT2D eigenvalue weighted by Crippen LogP contribution is -2.32. The van der Waals surface area contributed by atoms with Crippen LogP contribution in [0.1, 0.15) is 19.1 Å². The summed E-state index contributed by atoms with van der Waals surface area (Å²) in [4.78, 5) is 25.2. The molecule has 6 nitrogen and oxygen atoms in total. The van der Waals surface area contributed by atoms with Crippen molar-refractivity contribution in [1.82, 2.24) is 5.16 Å². The summed E-state index contributed by atoms with van der Waals surface area (Å²) in [6.07, 6.45) is 0.0877. The van der Waals surface area contributed by atoms with Crippen molar-refractivity contribution in [2.45, 2.75) is 20.3 Å². The van der Waals surface area contributed by atoms with Crippen LogP contribution in [0.25, 0.3) is 0 Å². The molecular formula is C15H15Cl2N3O3. The van der Waals surface area contributed by atoms with Crippen molar-refractivity contribution < 1.29 is 14.1 Å². The smallest absolute Gasteiger partial charge is 0.227 e. The zero-order valence-corrected chi connectivity index (χ0v) is 14.1. The highest BCUT2D eigenvalue weighted by Crippen LogP contribution is 2.29. The Morgan fingerprint density at radius 1 is 1.30 bits per heavy atom. The Balaban J connectivity index is 2.02. The third-order valence-corrected chi connectivity index (χ3v) is 3.58. The highest BCUT2D eigenvalue weighted by molar-refractivity contribution is 6.36. The molecule has 2 aromatic rings. The van der Waals surface area contributed by atoms with E-state index in [4.69, 9.17) is 27.7 Å². The minimum atomic E-state index is -0.283. The highest BCUT2D eigenvalue weighted by atomic mass is 35.5. The zero-order chi connectivity index (χ0) is 17.0. The fourth-order valence-electron chi connectivity index (χ4n) is 1.99. The van der Waals surface area contributed by atoms with E-state index in [0.29, 0.717) is 27.3 Å². The van der Waals surface area contributed by atoms with Crippen molar-refractivity contribution in [3.05, 3.63) is 40.1 Å². The minimum absolute atomic E-state index is 0.0877. The molecule has 122 valence electrons. The second kappa shape index (κ2) is 7.48. The summed E-state index contributed by atoms with van der Waals surface area (Å²) < 4.78 is 4.87. The molecule has 0 fully saturated rings. The van der Waals surface area contributed by atoms with Crippen molar-refractivity contribution in [1.29, 1.82) is 0 Å². The molecule has 1 N–H and O–H groups in total. The van der Waals surface area contributed by atoms with Gasteiger partial charge in [-0.15, -0.1) is 0 Å². The molecule has 0 bridgehead atoms. The maximum atomic E-state index is 11.9. The number of amides is 2. The van der Waals surface area contributed by atoms with Crippen LogP contribution in [0.3, 0.4) is 0 Å². The van der Waals surface area contributed by atoms with Gasteiger partial charge in [0.05, 0.1) is 10.7 Å². The van der Waals surface area contributed by atoms with Gasteiger partial charge >= 0.3 is 0 Å². The van der Waals surface area contributed by atoms with Crippen molar-refractivity contribution in [2.24, 2.45) is 0 Å². The number of rotatable bonds is 5. The average Bonchev–Trinajstić information content (AvgIpc) is 2.86. The third-order valence-electron chi connectivity index (χ3n) is 3.04. The highest BCUT2D eigenvalue weighted by Gasteiger charge is 2.17. The normalized spacial score (nSPS) is 10.4. The second-order valence-electron chi connectivity index (χ2n) is 4.89. The Labute approximate surface area is 143 Å². The SMILES string of the molecule is CC(=O)N(CCC(=O)Nc1cc(C)on1)c1ccc(Cl)cc1Cl. The van der Waals surface area contributed by atoms with E-state index in [0.717, 1.165) is 0 Å². The molecule has 0 atom stereocenters. The predicted octanol–water partition coefficient (Wildman–Crippen LogP) is 3.67. The molecule has 8 heteroatoms. The number of hydrogen-bond donors (Lipinski definition) is 1.